The molecule has 1 N–H and O–H groups in total. The molecule has 1 aromatic heterocycles. The average Bonchev–Trinajstić information content (AvgIpc) is 3.06. The maximum Gasteiger partial charge on any atom is 0.147 e. The predicted molar refractivity (Wildman–Crippen MR) is 110 cm³/mol. The topological polar surface area (TPSA) is 39.1 Å². The van der Waals surface area contributed by atoms with Gasteiger partial charge < -0.3 is 14.6 Å². The van der Waals surface area contributed by atoms with Crippen molar-refractivity contribution in [2.24, 2.45) is 5.92 Å². The first-order chi connectivity index (χ1) is 13.3. The summed E-state index contributed by atoms with van der Waals surface area (Å²) in [5.74, 6) is 2.46. The summed E-state index contributed by atoms with van der Waals surface area (Å²) in [6, 6.07) is 15.9. The fraction of sp³-hybridized carbons (Fsp3) is 0.409. The second-order valence-electron chi connectivity index (χ2n) is 7.24. The summed E-state index contributed by atoms with van der Waals surface area (Å²) >= 11 is 6.22. The molecule has 5 heteroatoms. The summed E-state index contributed by atoms with van der Waals surface area (Å²) in [5.41, 5.74) is 2.20. The van der Waals surface area contributed by atoms with Crippen LogP contribution in [0.4, 0.5) is 0 Å². The van der Waals surface area contributed by atoms with Crippen molar-refractivity contribution in [2.75, 3.05) is 13.1 Å². The maximum absolute atomic E-state index is 6.22. The number of hydrogen-bond donors (Lipinski definition) is 1. The molecule has 4 nitrogen and oxygen atoms in total. The minimum atomic E-state index is 0.420. The summed E-state index contributed by atoms with van der Waals surface area (Å²) < 4.78 is 8.27. The van der Waals surface area contributed by atoms with E-state index in [0.717, 1.165) is 36.8 Å². The Morgan fingerprint density at radius 3 is 2.85 bits per heavy atom. The Kier molecular flexibility index (Phi) is 5.95. The van der Waals surface area contributed by atoms with Gasteiger partial charge in [-0.1, -0.05) is 35.9 Å². The number of hydrogen-bond acceptors (Lipinski definition) is 3. The SMILES string of the molecule is Clc1ccccc1OCc1nc2ccccc2n1CCCC1CCCNC1. The Balaban J connectivity index is 1.47. The Morgan fingerprint density at radius 1 is 1.15 bits per heavy atom. The molecule has 0 spiro atoms. The highest BCUT2D eigenvalue weighted by Crippen LogP contribution is 2.25. The first-order valence-electron chi connectivity index (χ1n) is 9.83. The van der Waals surface area contributed by atoms with E-state index in [0.29, 0.717) is 17.4 Å². The van der Waals surface area contributed by atoms with Gasteiger partial charge in [0.1, 0.15) is 18.2 Å². The summed E-state index contributed by atoms with van der Waals surface area (Å²) in [6.45, 7) is 3.72. The molecular weight excluding hydrogens is 358 g/mol. The smallest absolute Gasteiger partial charge is 0.147 e. The molecule has 1 saturated heterocycles. The van der Waals surface area contributed by atoms with Crippen LogP contribution in [0.1, 0.15) is 31.5 Å². The van der Waals surface area contributed by atoms with Gasteiger partial charge in [-0.3, -0.25) is 0 Å². The van der Waals surface area contributed by atoms with E-state index in [-0.39, 0.29) is 0 Å². The summed E-state index contributed by atoms with van der Waals surface area (Å²) in [7, 11) is 0. The molecule has 27 heavy (non-hydrogen) atoms. The molecular formula is C22H26ClN3O. The van der Waals surface area contributed by atoms with Gasteiger partial charge in [-0.15, -0.1) is 0 Å². The number of rotatable bonds is 7. The van der Waals surface area contributed by atoms with E-state index in [4.69, 9.17) is 21.3 Å². The lowest BCUT2D eigenvalue weighted by atomic mass is 9.95. The molecule has 1 aliphatic heterocycles. The van der Waals surface area contributed by atoms with Crippen LogP contribution in [-0.2, 0) is 13.2 Å². The van der Waals surface area contributed by atoms with Crippen molar-refractivity contribution in [1.82, 2.24) is 14.9 Å². The van der Waals surface area contributed by atoms with Gasteiger partial charge in [0.15, 0.2) is 0 Å². The monoisotopic (exact) mass is 383 g/mol. The van der Waals surface area contributed by atoms with Crippen LogP contribution in [-0.4, -0.2) is 22.6 Å². The summed E-state index contributed by atoms with van der Waals surface area (Å²) in [6.07, 6.45) is 5.06. The zero-order valence-corrected chi connectivity index (χ0v) is 16.3. The molecule has 1 aliphatic rings. The van der Waals surface area contributed by atoms with Crippen molar-refractivity contribution in [3.8, 4) is 5.75 Å². The van der Waals surface area contributed by atoms with E-state index in [1.54, 1.807) is 0 Å². The van der Waals surface area contributed by atoms with Crippen molar-refractivity contribution in [3.63, 3.8) is 0 Å². The van der Waals surface area contributed by atoms with Crippen molar-refractivity contribution < 1.29 is 4.74 Å². The number of fused-ring (bicyclic) bond motifs is 1. The number of para-hydroxylation sites is 3. The van der Waals surface area contributed by atoms with Gasteiger partial charge in [-0.25, -0.2) is 4.98 Å². The fourth-order valence-electron chi connectivity index (χ4n) is 3.90. The minimum Gasteiger partial charge on any atom is -0.484 e. The quantitative estimate of drug-likeness (QED) is 0.620. The van der Waals surface area contributed by atoms with Gasteiger partial charge in [0.25, 0.3) is 0 Å². The number of benzene rings is 2. The first kappa shape index (κ1) is 18.3. The second-order valence-corrected chi connectivity index (χ2v) is 7.65. The standard InChI is InChI=1S/C22H26ClN3O/c23-18-9-1-4-12-21(18)27-16-22-25-19-10-2-3-11-20(19)26(22)14-6-8-17-7-5-13-24-15-17/h1-4,9-12,17,24H,5-8,13-16H2. The highest BCUT2D eigenvalue weighted by Gasteiger charge is 2.15. The van der Waals surface area contributed by atoms with E-state index in [1.807, 2.05) is 30.3 Å². The lowest BCUT2D eigenvalue weighted by Crippen LogP contribution is -2.29. The number of nitrogens with one attached hydrogen (secondary N) is 1. The zero-order chi connectivity index (χ0) is 18.5. The normalized spacial score (nSPS) is 17.3. The van der Waals surface area contributed by atoms with Crippen LogP contribution >= 0.6 is 11.6 Å². The van der Waals surface area contributed by atoms with Crippen LogP contribution in [0.2, 0.25) is 5.02 Å². The van der Waals surface area contributed by atoms with Crippen molar-refractivity contribution in [1.29, 1.82) is 0 Å². The van der Waals surface area contributed by atoms with Gasteiger partial charge in [-0.2, -0.15) is 0 Å². The van der Waals surface area contributed by atoms with Crippen LogP contribution in [0.3, 0.4) is 0 Å². The van der Waals surface area contributed by atoms with Gasteiger partial charge >= 0.3 is 0 Å². The van der Waals surface area contributed by atoms with Gasteiger partial charge in [0.2, 0.25) is 0 Å². The van der Waals surface area contributed by atoms with Crippen LogP contribution in [0.15, 0.2) is 48.5 Å². The highest BCUT2D eigenvalue weighted by atomic mass is 35.5. The Morgan fingerprint density at radius 2 is 2.00 bits per heavy atom. The number of nitrogens with zero attached hydrogens (tertiary/aromatic N) is 2. The molecule has 3 aromatic rings. The van der Waals surface area contributed by atoms with Crippen LogP contribution in [0.5, 0.6) is 5.75 Å². The Hall–Kier alpha value is -2.04. The largest absolute Gasteiger partial charge is 0.484 e. The van der Waals surface area contributed by atoms with E-state index in [2.05, 4.69) is 28.1 Å². The molecule has 4 rings (SSSR count). The van der Waals surface area contributed by atoms with E-state index in [9.17, 15) is 0 Å². The summed E-state index contributed by atoms with van der Waals surface area (Å²) in [4.78, 5) is 4.81. The number of ether oxygens (including phenoxy) is 1. The number of aryl methyl sites for hydroxylation is 1. The molecule has 2 heterocycles. The van der Waals surface area contributed by atoms with Crippen molar-refractivity contribution in [2.45, 2.75) is 38.8 Å². The number of aromatic nitrogens is 2. The third-order valence-corrected chi connectivity index (χ3v) is 5.63. The zero-order valence-electron chi connectivity index (χ0n) is 15.5. The minimum absolute atomic E-state index is 0.420. The molecule has 0 bridgehead atoms. The molecule has 0 amide bonds. The molecule has 142 valence electrons. The lowest BCUT2D eigenvalue weighted by Gasteiger charge is -2.22. The predicted octanol–water partition coefficient (Wildman–Crippen LogP) is 5.05. The van der Waals surface area contributed by atoms with Crippen LogP contribution < -0.4 is 10.1 Å². The van der Waals surface area contributed by atoms with Crippen LogP contribution in [0, 0.1) is 5.92 Å². The second kappa shape index (κ2) is 8.77. The molecule has 1 fully saturated rings. The van der Waals surface area contributed by atoms with Gasteiger partial charge in [0, 0.05) is 6.54 Å². The van der Waals surface area contributed by atoms with Gasteiger partial charge in [-0.05, 0) is 69.0 Å². The van der Waals surface area contributed by atoms with Gasteiger partial charge in [0.05, 0.1) is 16.1 Å². The van der Waals surface area contributed by atoms with Crippen molar-refractivity contribution in [3.05, 3.63) is 59.4 Å². The highest BCUT2D eigenvalue weighted by molar-refractivity contribution is 6.32. The van der Waals surface area contributed by atoms with E-state index >= 15 is 0 Å². The summed E-state index contributed by atoms with van der Waals surface area (Å²) in [5, 5.41) is 4.14. The molecule has 0 radical (unpaired) electrons. The van der Waals surface area contributed by atoms with Crippen LogP contribution in [0.25, 0.3) is 11.0 Å². The maximum atomic E-state index is 6.22. The number of piperidine rings is 1. The molecule has 0 saturated carbocycles. The lowest BCUT2D eigenvalue weighted by molar-refractivity contribution is 0.287. The van der Waals surface area contributed by atoms with E-state index < -0.39 is 0 Å². The van der Waals surface area contributed by atoms with E-state index in [1.165, 1.54) is 31.3 Å². The average molecular weight is 384 g/mol. The first-order valence-corrected chi connectivity index (χ1v) is 10.2. The molecule has 2 aromatic carbocycles. The Bertz CT molecular complexity index is 886. The third kappa shape index (κ3) is 4.45. The molecule has 1 atom stereocenters. The third-order valence-electron chi connectivity index (χ3n) is 5.32. The molecule has 1 unspecified atom stereocenters. The fourth-order valence-corrected chi connectivity index (χ4v) is 4.09. The number of imidazole rings is 1. The van der Waals surface area contributed by atoms with Crippen molar-refractivity contribution >= 4 is 22.6 Å². The molecule has 0 aliphatic carbocycles. The Labute approximate surface area is 165 Å². The number of halogens is 1.